The molecule has 2 aromatic heterocycles. The van der Waals surface area contributed by atoms with E-state index in [0.29, 0.717) is 6.04 Å². The van der Waals surface area contributed by atoms with Crippen molar-refractivity contribution in [1.29, 1.82) is 0 Å². The van der Waals surface area contributed by atoms with E-state index in [-0.39, 0.29) is 0 Å². The second-order valence-electron chi connectivity index (χ2n) is 15.2. The first-order valence-corrected chi connectivity index (χ1v) is 19.7. The van der Waals surface area contributed by atoms with Gasteiger partial charge in [0.05, 0.1) is 17.1 Å². The highest BCUT2D eigenvalue weighted by molar-refractivity contribution is 6.10. The smallest absolute Gasteiger partial charge is 0.0557 e. The second kappa shape index (κ2) is 13.7. The number of rotatable bonds is 6. The molecule has 6 aromatic rings. The minimum Gasteiger partial charge on any atom is -0.404 e. The zero-order chi connectivity index (χ0) is 36.0. The van der Waals surface area contributed by atoms with Gasteiger partial charge in [-0.3, -0.25) is 0 Å². The molecule has 0 aliphatic heterocycles. The summed E-state index contributed by atoms with van der Waals surface area (Å²) in [4.78, 5) is 0. The Morgan fingerprint density at radius 3 is 2.35 bits per heavy atom. The van der Waals surface area contributed by atoms with Gasteiger partial charge >= 0.3 is 0 Å². The molecule has 0 saturated heterocycles. The second-order valence-corrected chi connectivity index (χ2v) is 15.2. The first-order valence-electron chi connectivity index (χ1n) is 19.7. The predicted molar refractivity (Wildman–Crippen MR) is 230 cm³/mol. The van der Waals surface area contributed by atoms with Gasteiger partial charge in [-0.15, -0.1) is 0 Å². The van der Waals surface area contributed by atoms with Crippen LogP contribution in [0, 0.1) is 0 Å². The number of nitrogens with zero attached hydrogens (tertiary/aromatic N) is 2. The highest BCUT2D eigenvalue weighted by atomic mass is 15.0. The van der Waals surface area contributed by atoms with E-state index in [0.717, 1.165) is 56.9 Å². The predicted octanol–water partition coefficient (Wildman–Crippen LogP) is 13.0. The molecule has 4 aromatic carbocycles. The number of nitrogens with two attached hydrogens (primary N) is 1. The van der Waals surface area contributed by atoms with Gasteiger partial charge in [0, 0.05) is 44.8 Å². The van der Waals surface area contributed by atoms with Crippen molar-refractivity contribution in [3.8, 4) is 16.8 Å². The summed E-state index contributed by atoms with van der Waals surface area (Å²) in [6, 6.07) is 32.4. The first-order chi connectivity index (χ1) is 26.7. The maximum Gasteiger partial charge on any atom is 0.0557 e. The molecular weight excluding hydrogens is 655 g/mol. The Morgan fingerprint density at radius 2 is 1.50 bits per heavy atom. The molecule has 4 aliphatic rings. The third-order valence-corrected chi connectivity index (χ3v) is 11.9. The normalized spacial score (nSPS) is 19.2. The fraction of sp³-hybridized carbons (Fsp3) is 0.176. The number of aromatic nitrogens is 2. The van der Waals surface area contributed by atoms with E-state index in [1.165, 1.54) is 83.1 Å². The van der Waals surface area contributed by atoms with Crippen LogP contribution >= 0.6 is 0 Å². The fourth-order valence-electron chi connectivity index (χ4n) is 9.26. The maximum atomic E-state index is 6.22. The van der Waals surface area contributed by atoms with Gasteiger partial charge in [-0.25, -0.2) is 0 Å². The SMILES string of the molecule is N/C=C(\C=C1/CC=CCC1)C1=CC(c2ccc3c(c2)c2ccccc2n3-c2ccc(-c3ccc4c(c3)c3c(n4C4C=CC=CC4)CCC=C3)cc2)=CCC1. The molecule has 1 unspecified atom stereocenters. The number of allylic oxidation sites excluding steroid dienone is 14. The van der Waals surface area contributed by atoms with Crippen molar-refractivity contribution in [3.63, 3.8) is 0 Å². The summed E-state index contributed by atoms with van der Waals surface area (Å²) in [5.74, 6) is 0. The van der Waals surface area contributed by atoms with E-state index >= 15 is 0 Å². The van der Waals surface area contributed by atoms with Gasteiger partial charge in [0.1, 0.15) is 0 Å². The topological polar surface area (TPSA) is 35.9 Å². The molecule has 4 aliphatic carbocycles. The quantitative estimate of drug-likeness (QED) is 0.173. The summed E-state index contributed by atoms with van der Waals surface area (Å²) in [5.41, 5.74) is 23.0. The van der Waals surface area contributed by atoms with Gasteiger partial charge in [0.25, 0.3) is 0 Å². The van der Waals surface area contributed by atoms with Crippen molar-refractivity contribution >= 4 is 44.4 Å². The number of fused-ring (bicyclic) bond motifs is 6. The fourth-order valence-corrected chi connectivity index (χ4v) is 9.26. The Labute approximate surface area is 317 Å². The summed E-state index contributed by atoms with van der Waals surface area (Å²) >= 11 is 0. The van der Waals surface area contributed by atoms with E-state index in [1.54, 1.807) is 6.20 Å². The lowest BCUT2D eigenvalue weighted by Gasteiger charge is -2.21. The Morgan fingerprint density at radius 1 is 0.685 bits per heavy atom. The Bertz CT molecular complexity index is 2710. The summed E-state index contributed by atoms with van der Waals surface area (Å²) in [5, 5.41) is 3.90. The van der Waals surface area contributed by atoms with Crippen LogP contribution in [0.4, 0.5) is 0 Å². The Hall–Kier alpha value is -6.06. The minimum atomic E-state index is 0.376. The lowest BCUT2D eigenvalue weighted by molar-refractivity contribution is 0.599. The molecule has 0 bridgehead atoms. The van der Waals surface area contributed by atoms with Crippen LogP contribution in [-0.2, 0) is 6.42 Å². The van der Waals surface area contributed by atoms with Crippen LogP contribution in [0.2, 0.25) is 0 Å². The minimum absolute atomic E-state index is 0.376. The largest absolute Gasteiger partial charge is 0.404 e. The summed E-state index contributed by atoms with van der Waals surface area (Å²) < 4.78 is 5.02. The van der Waals surface area contributed by atoms with Crippen LogP contribution in [-0.4, -0.2) is 9.13 Å². The summed E-state index contributed by atoms with van der Waals surface area (Å²) in [7, 11) is 0. The van der Waals surface area contributed by atoms with Gasteiger partial charge < -0.3 is 14.9 Å². The molecule has 0 saturated carbocycles. The van der Waals surface area contributed by atoms with Crippen LogP contribution in [0.15, 0.2) is 169 Å². The van der Waals surface area contributed by atoms with Crippen LogP contribution in [0.3, 0.4) is 0 Å². The number of benzene rings is 4. The van der Waals surface area contributed by atoms with Crippen molar-refractivity contribution < 1.29 is 0 Å². The van der Waals surface area contributed by atoms with Crippen molar-refractivity contribution in [2.75, 3.05) is 0 Å². The number of para-hydroxylation sites is 1. The van der Waals surface area contributed by atoms with Gasteiger partial charge in [0.15, 0.2) is 0 Å². The average molecular weight is 700 g/mol. The van der Waals surface area contributed by atoms with Crippen molar-refractivity contribution in [1.82, 2.24) is 9.13 Å². The van der Waals surface area contributed by atoms with Crippen LogP contribution in [0.5, 0.6) is 0 Å². The van der Waals surface area contributed by atoms with Crippen molar-refractivity contribution in [2.45, 2.75) is 57.4 Å². The van der Waals surface area contributed by atoms with E-state index in [4.69, 9.17) is 5.73 Å². The lowest BCUT2D eigenvalue weighted by Crippen LogP contribution is -2.11. The highest BCUT2D eigenvalue weighted by Gasteiger charge is 2.22. The zero-order valence-electron chi connectivity index (χ0n) is 30.7. The maximum absolute atomic E-state index is 6.22. The van der Waals surface area contributed by atoms with Gasteiger partial charge in [-0.1, -0.05) is 115 Å². The van der Waals surface area contributed by atoms with E-state index in [9.17, 15) is 0 Å². The van der Waals surface area contributed by atoms with Gasteiger partial charge in [-0.05, 0) is 127 Å². The molecule has 0 spiro atoms. The molecule has 54 heavy (non-hydrogen) atoms. The third kappa shape index (κ3) is 5.67. The molecule has 264 valence electrons. The Balaban J connectivity index is 0.995. The van der Waals surface area contributed by atoms with Gasteiger partial charge in [-0.2, -0.15) is 0 Å². The molecule has 3 heteroatoms. The highest BCUT2D eigenvalue weighted by Crippen LogP contribution is 2.40. The molecule has 0 radical (unpaired) electrons. The summed E-state index contributed by atoms with van der Waals surface area (Å²) in [6.45, 7) is 0. The monoisotopic (exact) mass is 699 g/mol. The average Bonchev–Trinajstić information content (AvgIpc) is 3.76. The van der Waals surface area contributed by atoms with Crippen molar-refractivity contribution in [2.24, 2.45) is 5.73 Å². The molecule has 1 atom stereocenters. The standard InChI is InChI=1S/C51H45N3/c52-34-41(30-35-12-3-1-4-13-35)38-15-11-14-37(31-38)40-25-29-51-47(33-40)45-19-8-10-21-49(45)54(51)43-26-22-36(23-27-43)39-24-28-50-46(32-39)44-18-7-9-20-48(44)53(50)42-16-5-2-6-17-42/h1-3,5-8,10,14,16,18-19,21-34,42H,4,9,11-13,15,17,20,52H2/b35-30+,41-34+. The molecule has 2 N–H and O–H groups in total. The zero-order valence-corrected chi connectivity index (χ0v) is 30.7. The lowest BCUT2D eigenvalue weighted by atomic mass is 9.88. The van der Waals surface area contributed by atoms with Crippen LogP contribution < -0.4 is 5.73 Å². The third-order valence-electron chi connectivity index (χ3n) is 11.9. The van der Waals surface area contributed by atoms with Crippen molar-refractivity contribution in [3.05, 3.63) is 185 Å². The van der Waals surface area contributed by atoms with Crippen LogP contribution in [0.25, 0.3) is 61.2 Å². The number of hydrogen-bond donors (Lipinski definition) is 1. The summed E-state index contributed by atoms with van der Waals surface area (Å²) in [6.07, 6.45) is 35.7. The molecule has 10 rings (SSSR count). The van der Waals surface area contributed by atoms with E-state index in [2.05, 4.69) is 161 Å². The molecule has 0 amide bonds. The molecular formula is C51H45N3. The van der Waals surface area contributed by atoms with E-state index < -0.39 is 0 Å². The molecule has 3 nitrogen and oxygen atoms in total. The van der Waals surface area contributed by atoms with E-state index in [1.807, 2.05) is 0 Å². The molecule has 0 fully saturated rings. The number of hydrogen-bond acceptors (Lipinski definition) is 1. The Kier molecular flexibility index (Phi) is 8.28. The van der Waals surface area contributed by atoms with Gasteiger partial charge in [0.2, 0.25) is 0 Å². The molecule has 2 heterocycles. The first kappa shape index (κ1) is 32.6. The van der Waals surface area contributed by atoms with Crippen LogP contribution in [0.1, 0.15) is 67.8 Å².